The Balaban J connectivity index is 3.04. The van der Waals surface area contributed by atoms with Crippen LogP contribution in [0.4, 0.5) is 0 Å². The van der Waals surface area contributed by atoms with Crippen molar-refractivity contribution in [1.82, 2.24) is 4.31 Å². The van der Waals surface area contributed by atoms with E-state index in [1.54, 1.807) is 18.5 Å². The van der Waals surface area contributed by atoms with E-state index in [0.29, 0.717) is 16.3 Å². The van der Waals surface area contributed by atoms with Crippen LogP contribution in [0.5, 0.6) is 0 Å². The molecule has 0 aliphatic rings. The van der Waals surface area contributed by atoms with Crippen LogP contribution in [-0.4, -0.2) is 26.3 Å². The van der Waals surface area contributed by atoms with Gasteiger partial charge in [-0.25, -0.2) is 12.7 Å². The maximum atomic E-state index is 12.3. The molecule has 1 aromatic rings. The van der Waals surface area contributed by atoms with E-state index in [-0.39, 0.29) is 11.3 Å². The molecule has 17 heavy (non-hydrogen) atoms. The Morgan fingerprint density at radius 2 is 2.00 bits per heavy atom. The van der Waals surface area contributed by atoms with Crippen molar-refractivity contribution < 1.29 is 8.42 Å². The molecule has 0 radical (unpaired) electrons. The van der Waals surface area contributed by atoms with Crippen molar-refractivity contribution in [3.8, 4) is 0 Å². The summed E-state index contributed by atoms with van der Waals surface area (Å²) in [5, 5.41) is 1.76. The molecule has 0 unspecified atom stereocenters. The molecule has 6 heteroatoms. The van der Waals surface area contributed by atoms with Crippen molar-refractivity contribution in [2.24, 2.45) is 5.41 Å². The number of halogens is 1. The normalized spacial score (nSPS) is 13.3. The highest BCUT2D eigenvalue weighted by Gasteiger charge is 2.27. The summed E-state index contributed by atoms with van der Waals surface area (Å²) in [6.07, 6.45) is 0. The number of hydrogen-bond donors (Lipinski definition) is 0. The third-order valence-electron chi connectivity index (χ3n) is 2.21. The highest BCUT2D eigenvalue weighted by atomic mass is 35.5. The Labute approximate surface area is 112 Å². The van der Waals surface area contributed by atoms with Crippen molar-refractivity contribution in [3.05, 3.63) is 16.3 Å². The van der Waals surface area contributed by atoms with Gasteiger partial charge in [0, 0.05) is 18.5 Å². The van der Waals surface area contributed by atoms with Crippen LogP contribution in [0.3, 0.4) is 0 Å². The van der Waals surface area contributed by atoms with Gasteiger partial charge in [0.15, 0.2) is 0 Å². The molecule has 3 nitrogen and oxygen atoms in total. The lowest BCUT2D eigenvalue weighted by Crippen LogP contribution is -2.34. The molecule has 1 rings (SSSR count). The van der Waals surface area contributed by atoms with Gasteiger partial charge in [-0.1, -0.05) is 20.8 Å². The van der Waals surface area contributed by atoms with E-state index < -0.39 is 10.0 Å². The third-order valence-corrected chi connectivity index (χ3v) is 5.58. The van der Waals surface area contributed by atoms with Gasteiger partial charge >= 0.3 is 0 Å². The summed E-state index contributed by atoms with van der Waals surface area (Å²) in [6, 6.07) is 1.62. The van der Waals surface area contributed by atoms with Gasteiger partial charge in [-0.2, -0.15) is 0 Å². The Morgan fingerprint density at radius 1 is 1.41 bits per heavy atom. The monoisotopic (exact) mass is 295 g/mol. The fourth-order valence-corrected chi connectivity index (χ4v) is 4.64. The largest absolute Gasteiger partial charge is 0.243 e. The first-order chi connectivity index (χ1) is 7.68. The van der Waals surface area contributed by atoms with Crippen LogP contribution in [0.25, 0.3) is 0 Å². The molecule has 0 spiro atoms. The van der Waals surface area contributed by atoms with E-state index in [4.69, 9.17) is 11.6 Å². The number of nitrogens with zero attached hydrogens (tertiary/aromatic N) is 1. The highest BCUT2D eigenvalue weighted by molar-refractivity contribution is 7.89. The zero-order valence-electron chi connectivity index (χ0n) is 10.5. The molecule has 1 aromatic heterocycles. The summed E-state index contributed by atoms with van der Waals surface area (Å²) in [5.41, 5.74) is -0.0705. The summed E-state index contributed by atoms with van der Waals surface area (Å²) in [7, 11) is -1.80. The predicted molar refractivity (Wildman–Crippen MR) is 73.1 cm³/mol. The minimum absolute atomic E-state index is 0.0705. The Kier molecular flexibility index (Phi) is 4.63. The molecule has 0 aliphatic heterocycles. The summed E-state index contributed by atoms with van der Waals surface area (Å²) < 4.78 is 26.0. The number of sulfonamides is 1. The lowest BCUT2D eigenvalue weighted by molar-refractivity contribution is 0.311. The Bertz CT molecular complexity index is 474. The third kappa shape index (κ3) is 3.68. The van der Waals surface area contributed by atoms with Crippen LogP contribution < -0.4 is 0 Å². The number of alkyl halides is 1. The minimum atomic E-state index is -3.41. The van der Waals surface area contributed by atoms with Crippen molar-refractivity contribution in [1.29, 1.82) is 0 Å². The topological polar surface area (TPSA) is 37.4 Å². The predicted octanol–water partition coefficient (Wildman–Crippen LogP) is 3.15. The SMILES string of the molecule is CN(CC(C)(C)C)S(=O)(=O)c1ccsc1CCl. The van der Waals surface area contributed by atoms with Gasteiger partial charge in [0.2, 0.25) is 10.0 Å². The maximum absolute atomic E-state index is 12.3. The fraction of sp³-hybridized carbons (Fsp3) is 0.636. The van der Waals surface area contributed by atoms with Crippen molar-refractivity contribution in [2.75, 3.05) is 13.6 Å². The summed E-state index contributed by atoms with van der Waals surface area (Å²) >= 11 is 7.12. The molecular formula is C11H18ClNO2S2. The van der Waals surface area contributed by atoms with Crippen LogP contribution in [0.15, 0.2) is 16.3 Å². The first kappa shape index (κ1) is 15.0. The van der Waals surface area contributed by atoms with E-state index in [2.05, 4.69) is 0 Å². The van der Waals surface area contributed by atoms with Crippen LogP contribution in [-0.2, 0) is 15.9 Å². The molecule has 0 aliphatic carbocycles. The zero-order valence-corrected chi connectivity index (χ0v) is 12.9. The van der Waals surface area contributed by atoms with Gasteiger partial charge in [0.25, 0.3) is 0 Å². The highest BCUT2D eigenvalue weighted by Crippen LogP contribution is 2.27. The summed E-state index contributed by atoms with van der Waals surface area (Å²) in [6.45, 7) is 6.51. The lowest BCUT2D eigenvalue weighted by Gasteiger charge is -2.26. The molecule has 0 fully saturated rings. The van der Waals surface area contributed by atoms with E-state index >= 15 is 0 Å². The van der Waals surface area contributed by atoms with E-state index in [0.717, 1.165) is 0 Å². The van der Waals surface area contributed by atoms with Gasteiger partial charge in [0.1, 0.15) is 0 Å². The Morgan fingerprint density at radius 3 is 2.47 bits per heavy atom. The van der Waals surface area contributed by atoms with Crippen molar-refractivity contribution in [2.45, 2.75) is 31.5 Å². The first-order valence-electron chi connectivity index (χ1n) is 5.27. The Hall–Kier alpha value is -0.100. The summed E-state index contributed by atoms with van der Waals surface area (Å²) in [4.78, 5) is 1.04. The van der Waals surface area contributed by atoms with E-state index in [9.17, 15) is 8.42 Å². The second-order valence-corrected chi connectivity index (χ2v) is 8.44. The van der Waals surface area contributed by atoms with Gasteiger partial charge in [0.05, 0.1) is 10.8 Å². The smallest absolute Gasteiger partial charge is 0.207 e. The van der Waals surface area contributed by atoms with Crippen LogP contribution >= 0.6 is 22.9 Å². The minimum Gasteiger partial charge on any atom is -0.207 e. The maximum Gasteiger partial charge on any atom is 0.243 e. The second-order valence-electron chi connectivity index (χ2n) is 5.16. The van der Waals surface area contributed by atoms with Gasteiger partial charge in [-0.15, -0.1) is 22.9 Å². The van der Waals surface area contributed by atoms with E-state index in [1.807, 2.05) is 20.8 Å². The molecule has 0 atom stereocenters. The molecule has 0 aromatic carbocycles. The zero-order chi connectivity index (χ0) is 13.3. The average molecular weight is 296 g/mol. The van der Waals surface area contributed by atoms with Gasteiger partial charge in [-0.3, -0.25) is 0 Å². The molecule has 0 saturated carbocycles. The van der Waals surface area contributed by atoms with Crippen LogP contribution in [0, 0.1) is 5.41 Å². The number of hydrogen-bond acceptors (Lipinski definition) is 3. The average Bonchev–Trinajstić information content (AvgIpc) is 2.62. The second kappa shape index (κ2) is 5.26. The van der Waals surface area contributed by atoms with E-state index in [1.165, 1.54) is 15.6 Å². The number of thiophene rings is 1. The number of rotatable bonds is 4. The molecule has 0 amide bonds. The molecule has 0 saturated heterocycles. The molecular weight excluding hydrogens is 278 g/mol. The van der Waals surface area contributed by atoms with Gasteiger partial charge in [-0.05, 0) is 16.9 Å². The lowest BCUT2D eigenvalue weighted by atomic mass is 9.97. The molecule has 0 bridgehead atoms. The summed E-state index contributed by atoms with van der Waals surface area (Å²) in [5.74, 6) is 0.232. The fourth-order valence-electron chi connectivity index (χ4n) is 1.58. The standard InChI is InChI=1S/C11H18ClNO2S2/c1-11(2,3)8-13(4)17(14,15)10-5-6-16-9(10)7-12/h5-6H,7-8H2,1-4H3. The van der Waals surface area contributed by atoms with Gasteiger partial charge < -0.3 is 0 Å². The van der Waals surface area contributed by atoms with Crippen LogP contribution in [0.1, 0.15) is 25.6 Å². The first-order valence-corrected chi connectivity index (χ1v) is 8.12. The quantitative estimate of drug-likeness (QED) is 0.800. The molecule has 1 heterocycles. The van der Waals surface area contributed by atoms with Crippen molar-refractivity contribution in [3.63, 3.8) is 0 Å². The molecule has 0 N–H and O–H groups in total. The molecule has 98 valence electrons. The van der Waals surface area contributed by atoms with Crippen LogP contribution in [0.2, 0.25) is 0 Å². The van der Waals surface area contributed by atoms with Crippen molar-refractivity contribution >= 4 is 33.0 Å².